The molecule has 0 radical (unpaired) electrons. The molecule has 2 aliphatic heterocycles. The molecule has 2 aromatic carbocycles. The minimum absolute atomic E-state index is 0.00335. The molecular weight excluding hydrogens is 574 g/mol. The van der Waals surface area contributed by atoms with Crippen molar-refractivity contribution in [2.24, 2.45) is 5.41 Å². The zero-order valence-electron chi connectivity index (χ0n) is 25.4. The Hall–Kier alpha value is -3.61. The molecule has 12 heteroatoms. The Kier molecular flexibility index (Phi) is 10.6. The van der Waals surface area contributed by atoms with Crippen molar-refractivity contribution in [1.82, 2.24) is 20.4 Å². The summed E-state index contributed by atoms with van der Waals surface area (Å²) in [6.45, 7) is 6.73. The first-order chi connectivity index (χ1) is 20.8. The van der Waals surface area contributed by atoms with Gasteiger partial charge in [-0.1, -0.05) is 50.2 Å². The second-order valence-corrected chi connectivity index (χ2v) is 12.1. The Morgan fingerprint density at radius 3 is 2.43 bits per heavy atom. The Balaban J connectivity index is 1.53. The fourth-order valence-corrected chi connectivity index (χ4v) is 5.78. The van der Waals surface area contributed by atoms with Crippen molar-refractivity contribution in [3.05, 3.63) is 65.2 Å². The van der Waals surface area contributed by atoms with Gasteiger partial charge in [0, 0.05) is 30.8 Å². The Morgan fingerprint density at radius 1 is 1.07 bits per heavy atom. The molecular formula is C32H42F2N4O6. The number of rotatable bonds is 11. The number of ether oxygens (including phenoxy) is 1. The maximum atomic E-state index is 15.3. The van der Waals surface area contributed by atoms with Crippen LogP contribution in [-0.2, 0) is 20.7 Å². The quantitative estimate of drug-likeness (QED) is 0.285. The van der Waals surface area contributed by atoms with Crippen molar-refractivity contribution in [3.63, 3.8) is 0 Å². The van der Waals surface area contributed by atoms with Crippen molar-refractivity contribution in [2.75, 3.05) is 45.9 Å². The zero-order valence-corrected chi connectivity index (χ0v) is 25.4. The number of amides is 3. The van der Waals surface area contributed by atoms with Gasteiger partial charge in [0.2, 0.25) is 5.91 Å². The maximum absolute atomic E-state index is 15.3. The number of aliphatic hydroxyl groups excluding tert-OH is 1. The summed E-state index contributed by atoms with van der Waals surface area (Å²) in [5.41, 5.74) is -0.812. The molecule has 2 aliphatic rings. The number of nitrogens with one attached hydrogen (secondary N) is 2. The van der Waals surface area contributed by atoms with Crippen LogP contribution >= 0.6 is 0 Å². The normalized spacial score (nSPS) is 21.0. The van der Waals surface area contributed by atoms with Gasteiger partial charge in [-0.15, -0.1) is 0 Å². The Morgan fingerprint density at radius 2 is 1.75 bits per heavy atom. The number of phenols is 1. The summed E-state index contributed by atoms with van der Waals surface area (Å²) >= 11 is 0. The van der Waals surface area contributed by atoms with Crippen LogP contribution < -0.4 is 10.6 Å². The lowest BCUT2D eigenvalue weighted by atomic mass is 9.81. The van der Waals surface area contributed by atoms with E-state index in [1.807, 2.05) is 0 Å². The number of carbonyl (C=O) groups excluding carboxylic acids is 3. The first-order valence-electron chi connectivity index (χ1n) is 14.9. The second-order valence-electron chi connectivity index (χ2n) is 12.1. The maximum Gasteiger partial charge on any atom is 0.272 e. The number of hydrogen-bond donors (Lipinski definition) is 4. The summed E-state index contributed by atoms with van der Waals surface area (Å²) < 4.78 is 36.0. The number of hydrogen-bond acceptors (Lipinski definition) is 7. The topological polar surface area (TPSA) is 131 Å². The van der Waals surface area contributed by atoms with Gasteiger partial charge >= 0.3 is 0 Å². The molecule has 2 fully saturated rings. The average molecular weight is 617 g/mol. The molecule has 0 aromatic heterocycles. The lowest BCUT2D eigenvalue weighted by Gasteiger charge is -2.34. The summed E-state index contributed by atoms with van der Waals surface area (Å²) in [5.74, 6) is -6.00. The SMILES string of the molecule is Cc1c(O)cccc1C(=O)NC(Cc1ccccc1)C(O)C(=O)N1CC(F)(F)C(C)(C)C1C(=O)NCCCN1CCOCC1. The van der Waals surface area contributed by atoms with Gasteiger partial charge in [-0.25, -0.2) is 8.78 Å². The van der Waals surface area contributed by atoms with E-state index < -0.39 is 53.8 Å². The molecule has 4 N–H and O–H groups in total. The predicted molar refractivity (Wildman–Crippen MR) is 159 cm³/mol. The largest absolute Gasteiger partial charge is 0.508 e. The minimum Gasteiger partial charge on any atom is -0.508 e. The summed E-state index contributed by atoms with van der Waals surface area (Å²) in [4.78, 5) is 43.4. The van der Waals surface area contributed by atoms with Crippen LogP contribution in [-0.4, -0.2) is 108 Å². The minimum atomic E-state index is -3.42. The highest BCUT2D eigenvalue weighted by Gasteiger charge is 2.64. The van der Waals surface area contributed by atoms with E-state index in [0.717, 1.165) is 18.0 Å². The molecule has 2 saturated heterocycles. The summed E-state index contributed by atoms with van der Waals surface area (Å²) in [6.07, 6.45) is -1.35. The van der Waals surface area contributed by atoms with Crippen LogP contribution in [0.5, 0.6) is 5.75 Å². The van der Waals surface area contributed by atoms with Crippen molar-refractivity contribution in [3.8, 4) is 5.75 Å². The summed E-state index contributed by atoms with van der Waals surface area (Å²) in [6, 6.07) is 10.4. The number of aliphatic hydroxyl groups is 1. The van der Waals surface area contributed by atoms with Gasteiger partial charge in [0.25, 0.3) is 17.7 Å². The molecule has 0 bridgehead atoms. The number of morpholine rings is 1. The van der Waals surface area contributed by atoms with Gasteiger partial charge < -0.3 is 30.5 Å². The van der Waals surface area contributed by atoms with Crippen LogP contribution in [0.25, 0.3) is 0 Å². The molecule has 3 atom stereocenters. The van der Waals surface area contributed by atoms with Gasteiger partial charge in [0.1, 0.15) is 11.8 Å². The third kappa shape index (κ3) is 7.36. The van der Waals surface area contributed by atoms with Crippen molar-refractivity contribution < 1.29 is 38.1 Å². The fourth-order valence-electron chi connectivity index (χ4n) is 5.78. The molecule has 3 unspecified atom stereocenters. The van der Waals surface area contributed by atoms with E-state index in [9.17, 15) is 24.6 Å². The smallest absolute Gasteiger partial charge is 0.272 e. The molecule has 4 rings (SSSR count). The van der Waals surface area contributed by atoms with Gasteiger partial charge in [0.05, 0.1) is 31.2 Å². The molecule has 0 aliphatic carbocycles. The van der Waals surface area contributed by atoms with Gasteiger partial charge in [-0.3, -0.25) is 19.3 Å². The van der Waals surface area contributed by atoms with Crippen LogP contribution in [0, 0.1) is 12.3 Å². The molecule has 44 heavy (non-hydrogen) atoms. The number of benzene rings is 2. The number of carbonyl (C=O) groups is 3. The van der Waals surface area contributed by atoms with Gasteiger partial charge in [0.15, 0.2) is 6.10 Å². The monoisotopic (exact) mass is 616 g/mol. The third-order valence-corrected chi connectivity index (χ3v) is 8.69. The predicted octanol–water partition coefficient (Wildman–Crippen LogP) is 2.11. The number of likely N-dealkylation sites (tertiary alicyclic amines) is 1. The van der Waals surface area contributed by atoms with Crippen molar-refractivity contribution >= 4 is 17.7 Å². The lowest BCUT2D eigenvalue weighted by molar-refractivity contribution is -0.148. The number of nitrogens with zero attached hydrogens (tertiary/aromatic N) is 2. The molecule has 2 heterocycles. The van der Waals surface area contributed by atoms with E-state index in [-0.39, 0.29) is 24.3 Å². The molecule has 10 nitrogen and oxygen atoms in total. The number of halogens is 2. The third-order valence-electron chi connectivity index (χ3n) is 8.69. The van der Waals surface area contributed by atoms with E-state index >= 15 is 8.78 Å². The average Bonchev–Trinajstić information content (AvgIpc) is 3.19. The number of alkyl halides is 2. The first kappa shape index (κ1) is 33.3. The van der Waals surface area contributed by atoms with Crippen LogP contribution in [0.1, 0.15) is 41.8 Å². The molecule has 3 amide bonds. The van der Waals surface area contributed by atoms with Crippen molar-refractivity contribution in [2.45, 2.75) is 57.7 Å². The second kappa shape index (κ2) is 14.0. The highest BCUT2D eigenvalue weighted by Crippen LogP contribution is 2.48. The van der Waals surface area contributed by atoms with E-state index in [0.29, 0.717) is 37.3 Å². The van der Waals surface area contributed by atoms with E-state index in [1.165, 1.54) is 32.0 Å². The lowest BCUT2D eigenvalue weighted by Crippen LogP contribution is -2.58. The van der Waals surface area contributed by atoms with Crippen LogP contribution in [0.2, 0.25) is 0 Å². The number of phenolic OH excluding ortho intramolecular Hbond substituents is 1. The molecule has 0 spiro atoms. The zero-order chi connectivity index (χ0) is 32.1. The fraction of sp³-hybridized carbons (Fsp3) is 0.531. The standard InChI is InChI=1S/C32H42F2N4O6/c1-21-23(11-7-12-25(21)39)28(41)36-24(19-22-9-5-4-6-10-22)26(40)30(43)38-20-32(33,34)31(2,3)27(38)29(42)35-13-8-14-37-15-17-44-18-16-37/h4-7,9-12,24,26-27,39-40H,8,13-20H2,1-3H3,(H,35,42)(H,36,41). The summed E-state index contributed by atoms with van der Waals surface area (Å²) in [5, 5.41) is 26.8. The van der Waals surface area contributed by atoms with E-state index in [2.05, 4.69) is 15.5 Å². The first-order valence-corrected chi connectivity index (χ1v) is 14.9. The molecule has 2 aromatic rings. The van der Waals surface area contributed by atoms with E-state index in [4.69, 9.17) is 4.74 Å². The summed E-state index contributed by atoms with van der Waals surface area (Å²) in [7, 11) is 0. The van der Waals surface area contributed by atoms with Crippen LogP contribution in [0.15, 0.2) is 48.5 Å². The molecule has 0 saturated carbocycles. The van der Waals surface area contributed by atoms with Gasteiger partial charge in [-0.2, -0.15) is 0 Å². The van der Waals surface area contributed by atoms with Crippen LogP contribution in [0.3, 0.4) is 0 Å². The number of aromatic hydroxyl groups is 1. The van der Waals surface area contributed by atoms with Crippen molar-refractivity contribution in [1.29, 1.82) is 0 Å². The Labute approximate surface area is 256 Å². The van der Waals surface area contributed by atoms with Gasteiger partial charge in [-0.05, 0) is 44.0 Å². The highest BCUT2D eigenvalue weighted by molar-refractivity contribution is 5.97. The van der Waals surface area contributed by atoms with Crippen LogP contribution in [0.4, 0.5) is 8.78 Å². The Bertz CT molecular complexity index is 1320. The molecule has 240 valence electrons. The highest BCUT2D eigenvalue weighted by atomic mass is 19.3. The van der Waals surface area contributed by atoms with E-state index in [1.54, 1.807) is 37.3 Å².